The number of imidazole rings is 2. The molecule has 0 unspecified atom stereocenters. The van der Waals surface area contributed by atoms with Gasteiger partial charge in [-0.25, -0.2) is 14.8 Å². The summed E-state index contributed by atoms with van der Waals surface area (Å²) in [6.07, 6.45) is 6.67. The summed E-state index contributed by atoms with van der Waals surface area (Å²) in [5, 5.41) is 5.61. The number of methoxy groups -OCH3 is 1. The second-order valence-electron chi connectivity index (χ2n) is 14.9. The van der Waals surface area contributed by atoms with Gasteiger partial charge in [-0.2, -0.15) is 0 Å². The predicted octanol–water partition coefficient (Wildman–Crippen LogP) is 6.39. The highest BCUT2D eigenvalue weighted by atomic mass is 16.5. The van der Waals surface area contributed by atoms with Gasteiger partial charge in [0.25, 0.3) is 0 Å². The van der Waals surface area contributed by atoms with Gasteiger partial charge in [0.2, 0.25) is 17.7 Å². The summed E-state index contributed by atoms with van der Waals surface area (Å²) in [7, 11) is 1.29. The van der Waals surface area contributed by atoms with Crippen molar-refractivity contribution in [3.8, 4) is 33.6 Å². The van der Waals surface area contributed by atoms with Gasteiger partial charge < -0.3 is 35.1 Å². The first-order valence-corrected chi connectivity index (χ1v) is 19.0. The summed E-state index contributed by atoms with van der Waals surface area (Å²) in [6, 6.07) is 14.9. The third-order valence-electron chi connectivity index (χ3n) is 10.6. The van der Waals surface area contributed by atoms with Crippen LogP contribution in [0.25, 0.3) is 33.6 Å². The first-order valence-electron chi connectivity index (χ1n) is 19.0. The molecule has 2 saturated heterocycles. The molecule has 286 valence electrons. The van der Waals surface area contributed by atoms with E-state index in [-0.39, 0.29) is 41.6 Å². The van der Waals surface area contributed by atoms with Crippen LogP contribution in [0.15, 0.2) is 60.9 Å². The fraction of sp³-hybridized carbons (Fsp3) is 0.463. The summed E-state index contributed by atoms with van der Waals surface area (Å²) in [5.74, 6) is 1.03. The van der Waals surface area contributed by atoms with Gasteiger partial charge in [0.1, 0.15) is 23.7 Å². The molecule has 6 rings (SSSR count). The minimum atomic E-state index is -0.684. The molecule has 13 heteroatoms. The van der Waals surface area contributed by atoms with E-state index in [2.05, 4.69) is 74.1 Å². The molecule has 4 aromatic rings. The van der Waals surface area contributed by atoms with Crippen LogP contribution in [0.4, 0.5) is 4.79 Å². The van der Waals surface area contributed by atoms with Gasteiger partial charge in [-0.15, -0.1) is 0 Å². The highest BCUT2D eigenvalue weighted by Crippen LogP contribution is 2.35. The van der Waals surface area contributed by atoms with Crippen LogP contribution in [-0.4, -0.2) is 85.8 Å². The van der Waals surface area contributed by atoms with Crippen molar-refractivity contribution in [2.24, 2.45) is 11.8 Å². The van der Waals surface area contributed by atoms with Crippen LogP contribution in [0.2, 0.25) is 0 Å². The van der Waals surface area contributed by atoms with Crippen molar-refractivity contribution in [2.75, 3.05) is 20.2 Å². The van der Waals surface area contributed by atoms with E-state index in [1.165, 1.54) is 7.11 Å². The van der Waals surface area contributed by atoms with Crippen molar-refractivity contribution < 1.29 is 23.9 Å². The number of hydrogen-bond acceptors (Lipinski definition) is 7. The van der Waals surface area contributed by atoms with Crippen LogP contribution < -0.4 is 10.6 Å². The fourth-order valence-electron chi connectivity index (χ4n) is 7.47. The Bertz CT molecular complexity index is 1790. The second-order valence-corrected chi connectivity index (χ2v) is 14.9. The number of ether oxygens (including phenoxy) is 1. The molecule has 4 atom stereocenters. The van der Waals surface area contributed by atoms with Gasteiger partial charge in [0, 0.05) is 19.5 Å². The Morgan fingerprint density at radius 3 is 1.50 bits per heavy atom. The molecule has 2 aromatic carbocycles. The van der Waals surface area contributed by atoms with Crippen LogP contribution in [0.3, 0.4) is 0 Å². The molecule has 4 N–H and O–H groups in total. The zero-order valence-corrected chi connectivity index (χ0v) is 32.0. The van der Waals surface area contributed by atoms with Crippen molar-refractivity contribution in [3.63, 3.8) is 0 Å². The molecule has 54 heavy (non-hydrogen) atoms. The van der Waals surface area contributed by atoms with Crippen LogP contribution in [0, 0.1) is 11.8 Å². The number of aromatic nitrogens is 4. The molecule has 4 heterocycles. The fourth-order valence-corrected chi connectivity index (χ4v) is 7.47. The lowest BCUT2D eigenvalue weighted by molar-refractivity contribution is -0.138. The molecular weight excluding hydrogens is 685 g/mol. The molecule has 0 saturated carbocycles. The molecule has 0 aliphatic carbocycles. The molecule has 4 amide bonds. The maximum atomic E-state index is 13.6. The van der Waals surface area contributed by atoms with E-state index in [9.17, 15) is 19.2 Å². The largest absolute Gasteiger partial charge is 0.453 e. The maximum Gasteiger partial charge on any atom is 0.407 e. The van der Waals surface area contributed by atoms with Crippen molar-refractivity contribution >= 4 is 23.8 Å². The average molecular weight is 737 g/mol. The number of alkyl carbamates (subject to hydrolysis) is 1. The van der Waals surface area contributed by atoms with Crippen molar-refractivity contribution in [3.05, 3.63) is 72.6 Å². The number of carbonyl (C=O) groups excluding carboxylic acids is 4. The second kappa shape index (κ2) is 16.7. The van der Waals surface area contributed by atoms with E-state index in [4.69, 9.17) is 9.72 Å². The maximum absolute atomic E-state index is 13.6. The summed E-state index contributed by atoms with van der Waals surface area (Å²) in [6.45, 7) is 10.7. The van der Waals surface area contributed by atoms with Gasteiger partial charge >= 0.3 is 6.09 Å². The van der Waals surface area contributed by atoms with E-state index in [0.717, 1.165) is 71.0 Å². The highest BCUT2D eigenvalue weighted by molar-refractivity contribution is 5.88. The minimum Gasteiger partial charge on any atom is -0.453 e. The first kappa shape index (κ1) is 38.3. The average Bonchev–Trinajstić information content (AvgIpc) is 4.02. The minimum absolute atomic E-state index is 0.0241. The van der Waals surface area contributed by atoms with Crippen molar-refractivity contribution in [2.45, 2.75) is 90.9 Å². The number of rotatable bonds is 12. The molecule has 2 fully saturated rings. The third-order valence-corrected chi connectivity index (χ3v) is 10.6. The van der Waals surface area contributed by atoms with Gasteiger partial charge in [0.15, 0.2) is 0 Å². The normalized spacial score (nSPS) is 18.2. The number of nitrogens with zero attached hydrogens (tertiary/aromatic N) is 4. The van der Waals surface area contributed by atoms with Gasteiger partial charge in [-0.05, 0) is 59.8 Å². The van der Waals surface area contributed by atoms with Crippen molar-refractivity contribution in [1.29, 1.82) is 0 Å². The standard InChI is InChI=1S/C41H52N8O5/c1-7-34(50)46-35(24(2)3)39(51)48-20-8-10-32(48)37-42-22-30(44-37)28-16-12-26(13-17-28)27-14-18-29(19-15-27)31-23-43-38(45-31)33-11-9-21-49(33)40(52)36(25(4)5)47-41(53)54-6/h12-19,22-25,32-33,35-36H,7-11,20-21H2,1-6H3,(H,42,44)(H,43,45)(H,46,50)(H,47,53)/t32-,33-,35-,36-/m0/s1. The van der Waals surface area contributed by atoms with Gasteiger partial charge in [-0.3, -0.25) is 14.4 Å². The third kappa shape index (κ3) is 8.19. The number of amides is 4. The van der Waals surface area contributed by atoms with Crippen LogP contribution in [-0.2, 0) is 19.1 Å². The monoisotopic (exact) mass is 736 g/mol. The van der Waals surface area contributed by atoms with E-state index in [1.807, 2.05) is 43.7 Å². The molecule has 2 aliphatic rings. The molecule has 0 bridgehead atoms. The number of H-pyrrole nitrogens is 2. The van der Waals surface area contributed by atoms with Gasteiger partial charge in [0.05, 0.1) is 43.0 Å². The number of carbonyl (C=O) groups is 4. The quantitative estimate of drug-likeness (QED) is 0.131. The van der Waals surface area contributed by atoms with E-state index < -0.39 is 18.2 Å². The Hall–Kier alpha value is -5.46. The first-order chi connectivity index (χ1) is 26.0. The van der Waals surface area contributed by atoms with Crippen LogP contribution in [0.5, 0.6) is 0 Å². The Morgan fingerprint density at radius 1 is 0.704 bits per heavy atom. The molecular formula is C41H52N8O5. The van der Waals surface area contributed by atoms with E-state index in [0.29, 0.717) is 19.5 Å². The lowest BCUT2D eigenvalue weighted by Crippen LogP contribution is -2.51. The number of likely N-dealkylation sites (tertiary alicyclic amines) is 2. The van der Waals surface area contributed by atoms with Gasteiger partial charge in [-0.1, -0.05) is 83.1 Å². The molecule has 2 aliphatic heterocycles. The topological polar surface area (TPSA) is 165 Å². The van der Waals surface area contributed by atoms with Crippen LogP contribution in [0.1, 0.15) is 90.5 Å². The number of benzene rings is 2. The smallest absolute Gasteiger partial charge is 0.407 e. The molecule has 2 aromatic heterocycles. The molecule has 0 radical (unpaired) electrons. The van der Waals surface area contributed by atoms with E-state index >= 15 is 0 Å². The van der Waals surface area contributed by atoms with Crippen molar-refractivity contribution in [1.82, 2.24) is 40.4 Å². The summed E-state index contributed by atoms with van der Waals surface area (Å²) < 4.78 is 4.75. The summed E-state index contributed by atoms with van der Waals surface area (Å²) in [5.41, 5.74) is 5.85. The lowest BCUT2D eigenvalue weighted by Gasteiger charge is -2.30. The number of aromatic amines is 2. The Kier molecular flexibility index (Phi) is 11.8. The zero-order chi connectivity index (χ0) is 38.5. The highest BCUT2D eigenvalue weighted by Gasteiger charge is 2.38. The summed E-state index contributed by atoms with van der Waals surface area (Å²) >= 11 is 0. The van der Waals surface area contributed by atoms with E-state index in [1.54, 1.807) is 13.1 Å². The Labute approximate surface area is 316 Å². The molecule has 13 nitrogen and oxygen atoms in total. The SMILES string of the molecule is CCC(=O)N[C@H](C(=O)N1CCC[C@H]1c1ncc(-c2ccc(-c3ccc(-c4cnc([C@@H]5CCCN5C(=O)[C@@H](NC(=O)OC)C(C)C)[nH]4)cc3)cc2)[nH]1)C(C)C. The summed E-state index contributed by atoms with van der Waals surface area (Å²) in [4.78, 5) is 71.1. The molecule has 0 spiro atoms. The lowest BCUT2D eigenvalue weighted by atomic mass is 10.0. The number of hydrogen-bond donors (Lipinski definition) is 4. The Balaban J connectivity index is 1.11. The van der Waals surface area contributed by atoms with Crippen LogP contribution >= 0.6 is 0 Å². The Morgan fingerprint density at radius 2 is 1.11 bits per heavy atom. The zero-order valence-electron chi connectivity index (χ0n) is 32.0. The number of nitrogens with one attached hydrogen (secondary N) is 4. The predicted molar refractivity (Wildman–Crippen MR) is 206 cm³/mol.